The Hall–Kier alpha value is -3.03. The van der Waals surface area contributed by atoms with Crippen LogP contribution in [0.3, 0.4) is 0 Å². The van der Waals surface area contributed by atoms with E-state index in [4.69, 9.17) is 0 Å². The number of sulfonamides is 1. The molecule has 1 aliphatic rings. The Kier molecular flexibility index (Phi) is 6.91. The first kappa shape index (κ1) is 23.1. The maximum absolute atomic E-state index is 13.2. The second-order valence-corrected chi connectivity index (χ2v) is 10.3. The molecular weight excluding hydrogens is 439 g/mol. The number of carbonyl (C=O) groups is 1. The van der Waals surface area contributed by atoms with E-state index in [2.05, 4.69) is 5.32 Å². The molecule has 0 spiro atoms. The highest BCUT2D eigenvalue weighted by Crippen LogP contribution is 2.28. The van der Waals surface area contributed by atoms with E-state index >= 15 is 0 Å². The first-order chi connectivity index (χ1) is 15.9. The number of nitrogens with zero attached hydrogens (tertiary/aromatic N) is 1. The average Bonchev–Trinajstić information content (AvgIpc) is 2.84. The molecule has 3 aromatic rings. The number of nitrogens with one attached hydrogen (secondary N) is 1. The predicted octanol–water partition coefficient (Wildman–Crippen LogP) is 4.44. The highest BCUT2D eigenvalue weighted by atomic mass is 32.2. The molecule has 1 heterocycles. The first-order valence-corrected chi connectivity index (χ1v) is 12.5. The van der Waals surface area contributed by atoms with Gasteiger partial charge in [0, 0.05) is 19.0 Å². The van der Waals surface area contributed by atoms with Crippen LogP contribution in [-0.2, 0) is 14.8 Å². The van der Waals surface area contributed by atoms with Crippen LogP contribution in [0, 0.1) is 18.7 Å². The summed E-state index contributed by atoms with van der Waals surface area (Å²) in [5.41, 5.74) is 3.12. The fraction of sp³-hybridized carbons (Fsp3) is 0.269. The van der Waals surface area contributed by atoms with Crippen molar-refractivity contribution in [2.45, 2.75) is 30.7 Å². The fourth-order valence-corrected chi connectivity index (χ4v) is 5.74. The third-order valence-electron chi connectivity index (χ3n) is 6.20. The number of halogens is 1. The van der Waals surface area contributed by atoms with Crippen molar-refractivity contribution in [3.8, 4) is 0 Å². The average molecular weight is 467 g/mol. The summed E-state index contributed by atoms with van der Waals surface area (Å²) in [6.07, 6.45) is 0.864. The zero-order chi connectivity index (χ0) is 23.4. The van der Waals surface area contributed by atoms with Crippen LogP contribution in [0.4, 0.5) is 4.39 Å². The fourth-order valence-electron chi connectivity index (χ4n) is 4.27. The highest BCUT2D eigenvalue weighted by Gasteiger charge is 2.33. The number of hydrogen-bond acceptors (Lipinski definition) is 3. The van der Waals surface area contributed by atoms with E-state index in [1.54, 1.807) is 0 Å². The summed E-state index contributed by atoms with van der Waals surface area (Å²) in [5, 5.41) is 3.20. The molecule has 0 aromatic heterocycles. The summed E-state index contributed by atoms with van der Waals surface area (Å²) in [6.45, 7) is 2.52. The Morgan fingerprint density at radius 3 is 2.18 bits per heavy atom. The van der Waals surface area contributed by atoms with Crippen molar-refractivity contribution >= 4 is 15.9 Å². The van der Waals surface area contributed by atoms with Crippen LogP contribution >= 0.6 is 0 Å². The second kappa shape index (κ2) is 9.85. The van der Waals surface area contributed by atoms with Crippen LogP contribution in [-0.4, -0.2) is 31.7 Å². The Morgan fingerprint density at radius 2 is 1.55 bits per heavy atom. The molecule has 1 amide bonds. The summed E-state index contributed by atoms with van der Waals surface area (Å²) in [6, 6.07) is 22.4. The van der Waals surface area contributed by atoms with E-state index in [0.717, 1.165) is 28.8 Å². The van der Waals surface area contributed by atoms with Gasteiger partial charge in [0.25, 0.3) is 0 Å². The van der Waals surface area contributed by atoms with Gasteiger partial charge in [-0.2, -0.15) is 4.31 Å². The maximum Gasteiger partial charge on any atom is 0.243 e. The molecule has 7 heteroatoms. The first-order valence-electron chi connectivity index (χ1n) is 11.0. The molecule has 0 aliphatic carbocycles. The maximum atomic E-state index is 13.2. The third-order valence-corrected chi connectivity index (χ3v) is 8.11. The zero-order valence-corrected chi connectivity index (χ0v) is 19.3. The van der Waals surface area contributed by atoms with Gasteiger partial charge in [-0.15, -0.1) is 0 Å². The SMILES string of the molecule is Cc1ccccc1[C@@H](NC(=O)C1CCN(S(=O)(=O)c2ccc(F)cc2)CC1)c1ccccc1. The number of piperidine rings is 1. The van der Waals surface area contributed by atoms with Gasteiger partial charge in [-0.25, -0.2) is 12.8 Å². The minimum Gasteiger partial charge on any atom is -0.345 e. The largest absolute Gasteiger partial charge is 0.345 e. The molecule has 5 nitrogen and oxygen atoms in total. The Bertz CT molecular complexity index is 1210. The van der Waals surface area contributed by atoms with E-state index in [1.165, 1.54) is 16.4 Å². The minimum absolute atomic E-state index is 0.0653. The van der Waals surface area contributed by atoms with Crippen molar-refractivity contribution < 1.29 is 17.6 Å². The molecular formula is C26H27FN2O3S. The number of hydrogen-bond donors (Lipinski definition) is 1. The van der Waals surface area contributed by atoms with Gasteiger partial charge in [-0.05, 0) is 60.7 Å². The van der Waals surface area contributed by atoms with E-state index in [0.29, 0.717) is 12.8 Å². The smallest absolute Gasteiger partial charge is 0.243 e. The van der Waals surface area contributed by atoms with Crippen molar-refractivity contribution in [2.75, 3.05) is 13.1 Å². The predicted molar refractivity (Wildman–Crippen MR) is 125 cm³/mol. The zero-order valence-electron chi connectivity index (χ0n) is 18.4. The summed E-state index contributed by atoms with van der Waals surface area (Å²) in [7, 11) is -3.71. The Morgan fingerprint density at radius 1 is 0.939 bits per heavy atom. The summed E-state index contributed by atoms with van der Waals surface area (Å²) >= 11 is 0. The van der Waals surface area contributed by atoms with Crippen LogP contribution in [0.1, 0.15) is 35.6 Å². The number of benzene rings is 3. The number of rotatable bonds is 6. The van der Waals surface area contributed by atoms with E-state index in [9.17, 15) is 17.6 Å². The van der Waals surface area contributed by atoms with Crippen LogP contribution < -0.4 is 5.32 Å². The van der Waals surface area contributed by atoms with Crippen LogP contribution in [0.25, 0.3) is 0 Å². The van der Waals surface area contributed by atoms with E-state index < -0.39 is 15.8 Å². The molecule has 0 bridgehead atoms. The highest BCUT2D eigenvalue weighted by molar-refractivity contribution is 7.89. The lowest BCUT2D eigenvalue weighted by atomic mass is 9.92. The summed E-state index contributed by atoms with van der Waals surface area (Å²) in [5.74, 6) is -0.836. The van der Waals surface area contributed by atoms with Crippen LogP contribution in [0.5, 0.6) is 0 Å². The van der Waals surface area contributed by atoms with Gasteiger partial charge in [0.15, 0.2) is 0 Å². The molecule has 0 radical (unpaired) electrons. The molecule has 1 fully saturated rings. The molecule has 3 aromatic carbocycles. The Balaban J connectivity index is 1.46. The normalized spacial score (nSPS) is 16.3. The van der Waals surface area contributed by atoms with Crippen LogP contribution in [0.2, 0.25) is 0 Å². The van der Waals surface area contributed by atoms with Gasteiger partial charge >= 0.3 is 0 Å². The molecule has 33 heavy (non-hydrogen) atoms. The van der Waals surface area contributed by atoms with E-state index in [1.807, 2.05) is 61.5 Å². The van der Waals surface area contributed by atoms with Crippen molar-refractivity contribution in [1.82, 2.24) is 9.62 Å². The molecule has 0 unspecified atom stereocenters. The standard InChI is InChI=1S/C26H27FN2O3S/c1-19-7-5-6-10-24(19)25(20-8-3-2-4-9-20)28-26(30)21-15-17-29(18-16-21)33(31,32)23-13-11-22(27)12-14-23/h2-14,21,25H,15-18H2,1H3,(H,28,30)/t25-/m0/s1. The summed E-state index contributed by atoms with van der Waals surface area (Å²) < 4.78 is 40.3. The van der Waals surface area contributed by atoms with Crippen molar-refractivity contribution in [2.24, 2.45) is 5.92 Å². The lowest BCUT2D eigenvalue weighted by molar-refractivity contribution is -0.126. The van der Waals surface area contributed by atoms with Gasteiger partial charge < -0.3 is 5.32 Å². The van der Waals surface area contributed by atoms with Crippen molar-refractivity contribution in [3.05, 3.63) is 101 Å². The molecule has 0 saturated carbocycles. The molecule has 1 saturated heterocycles. The number of aryl methyl sites for hydroxylation is 1. The lowest BCUT2D eigenvalue weighted by Crippen LogP contribution is -2.43. The molecule has 1 atom stereocenters. The topological polar surface area (TPSA) is 66.5 Å². The molecule has 1 N–H and O–H groups in total. The van der Waals surface area contributed by atoms with E-state index in [-0.39, 0.29) is 35.9 Å². The lowest BCUT2D eigenvalue weighted by Gasteiger charge is -2.32. The van der Waals surface area contributed by atoms with Crippen LogP contribution in [0.15, 0.2) is 83.8 Å². The molecule has 4 rings (SSSR count). The van der Waals surface area contributed by atoms with Gasteiger partial charge in [0.2, 0.25) is 15.9 Å². The minimum atomic E-state index is -3.71. The van der Waals surface area contributed by atoms with Crippen molar-refractivity contribution in [1.29, 1.82) is 0 Å². The molecule has 172 valence electrons. The van der Waals surface area contributed by atoms with Gasteiger partial charge in [0.05, 0.1) is 10.9 Å². The Labute approximate surface area is 194 Å². The van der Waals surface area contributed by atoms with Gasteiger partial charge in [-0.3, -0.25) is 4.79 Å². The number of carbonyl (C=O) groups excluding carboxylic acids is 1. The summed E-state index contributed by atoms with van der Waals surface area (Å²) in [4.78, 5) is 13.3. The number of amides is 1. The van der Waals surface area contributed by atoms with Gasteiger partial charge in [-0.1, -0.05) is 54.6 Å². The van der Waals surface area contributed by atoms with Gasteiger partial charge in [0.1, 0.15) is 5.82 Å². The quantitative estimate of drug-likeness (QED) is 0.584. The second-order valence-electron chi connectivity index (χ2n) is 8.34. The third kappa shape index (κ3) is 5.15. The monoisotopic (exact) mass is 466 g/mol. The van der Waals surface area contributed by atoms with Crippen molar-refractivity contribution in [3.63, 3.8) is 0 Å². The molecule has 1 aliphatic heterocycles.